The van der Waals surface area contributed by atoms with Gasteiger partial charge >= 0.3 is 6.18 Å². The van der Waals surface area contributed by atoms with E-state index in [0.717, 1.165) is 4.68 Å². The van der Waals surface area contributed by atoms with E-state index in [2.05, 4.69) is 10.3 Å². The van der Waals surface area contributed by atoms with Gasteiger partial charge in [0.05, 0.1) is 20.5 Å². The lowest BCUT2D eigenvalue weighted by Crippen LogP contribution is -2.08. The van der Waals surface area contributed by atoms with Gasteiger partial charge in [0.15, 0.2) is 0 Å². The van der Waals surface area contributed by atoms with Crippen LogP contribution in [0.1, 0.15) is 11.3 Å². The smallest absolute Gasteiger partial charge is 0.383 e. The number of nitrogen functional groups attached to an aromatic ring is 1. The molecule has 0 unspecified atom stereocenters. The van der Waals surface area contributed by atoms with Crippen LogP contribution in [0.4, 0.5) is 27.8 Å². The SMILES string of the molecule is Nc1c(SC(F)F)c(CN=O)nn1-c1c(Cl)cc(C(F)(F)F)cc1Cl. The number of benzene rings is 1. The highest BCUT2D eigenvalue weighted by molar-refractivity contribution is 7.99. The standard InChI is InChI=1S/C12H7Cl2F5N4OS/c13-5-1-4(12(17,18)19)2-6(14)8(5)23-10(20)9(25-11(15)16)7(22-23)3-21-24/h1-2,11H,3,20H2. The molecule has 0 aliphatic rings. The number of rotatable bonds is 5. The number of halogens is 7. The van der Waals surface area contributed by atoms with Crippen LogP contribution >= 0.6 is 35.0 Å². The molecule has 0 aliphatic heterocycles. The first-order chi connectivity index (χ1) is 11.6. The van der Waals surface area contributed by atoms with E-state index in [0.29, 0.717) is 12.1 Å². The van der Waals surface area contributed by atoms with Crippen molar-refractivity contribution in [2.75, 3.05) is 5.73 Å². The van der Waals surface area contributed by atoms with E-state index in [9.17, 15) is 26.9 Å². The largest absolute Gasteiger partial charge is 0.416 e. The Balaban J connectivity index is 2.64. The highest BCUT2D eigenvalue weighted by Crippen LogP contribution is 2.41. The summed E-state index contributed by atoms with van der Waals surface area (Å²) < 4.78 is 64.4. The third-order valence-electron chi connectivity index (χ3n) is 2.92. The summed E-state index contributed by atoms with van der Waals surface area (Å²) in [5.74, 6) is -3.23. The van der Waals surface area contributed by atoms with Crippen LogP contribution in [0.25, 0.3) is 5.69 Å². The van der Waals surface area contributed by atoms with E-state index >= 15 is 0 Å². The van der Waals surface area contributed by atoms with E-state index in [4.69, 9.17) is 28.9 Å². The van der Waals surface area contributed by atoms with Crippen molar-refractivity contribution in [1.82, 2.24) is 9.78 Å². The summed E-state index contributed by atoms with van der Waals surface area (Å²) >= 11 is 11.7. The number of hydrogen-bond acceptors (Lipinski definition) is 5. The van der Waals surface area contributed by atoms with Gasteiger partial charge in [-0.15, -0.1) is 0 Å². The van der Waals surface area contributed by atoms with Crippen molar-refractivity contribution in [3.8, 4) is 5.69 Å². The Hall–Kier alpha value is -1.59. The normalized spacial score (nSPS) is 12.0. The van der Waals surface area contributed by atoms with E-state index in [1.165, 1.54) is 0 Å². The second-order valence-electron chi connectivity index (χ2n) is 4.52. The van der Waals surface area contributed by atoms with Gasteiger partial charge < -0.3 is 5.73 Å². The first kappa shape index (κ1) is 19.7. The molecular weight excluding hydrogens is 414 g/mol. The maximum absolute atomic E-state index is 12.8. The summed E-state index contributed by atoms with van der Waals surface area (Å²) in [6.07, 6.45) is -4.69. The average molecular weight is 421 g/mol. The number of thioether (sulfide) groups is 1. The fraction of sp³-hybridized carbons (Fsp3) is 0.250. The number of anilines is 1. The van der Waals surface area contributed by atoms with E-state index in [1.54, 1.807) is 0 Å². The second-order valence-corrected chi connectivity index (χ2v) is 6.34. The van der Waals surface area contributed by atoms with Crippen molar-refractivity contribution in [3.63, 3.8) is 0 Å². The molecule has 0 amide bonds. The molecule has 1 heterocycles. The summed E-state index contributed by atoms with van der Waals surface area (Å²) in [7, 11) is 0. The molecule has 1 aromatic heterocycles. The predicted molar refractivity (Wildman–Crippen MR) is 84.4 cm³/mol. The zero-order valence-corrected chi connectivity index (χ0v) is 14.1. The average Bonchev–Trinajstić information content (AvgIpc) is 2.75. The summed E-state index contributed by atoms with van der Waals surface area (Å²) in [5, 5.41) is 5.49. The van der Waals surface area contributed by atoms with Gasteiger partial charge in [0, 0.05) is 0 Å². The lowest BCUT2D eigenvalue weighted by Gasteiger charge is -2.13. The molecule has 13 heteroatoms. The van der Waals surface area contributed by atoms with Gasteiger partial charge in [-0.1, -0.05) is 28.4 Å². The van der Waals surface area contributed by atoms with Gasteiger partial charge in [0.25, 0.3) is 5.76 Å². The van der Waals surface area contributed by atoms with Crippen molar-refractivity contribution in [1.29, 1.82) is 0 Å². The van der Waals surface area contributed by atoms with Crippen LogP contribution in [-0.2, 0) is 12.7 Å². The monoisotopic (exact) mass is 420 g/mol. The summed E-state index contributed by atoms with van der Waals surface area (Å²) in [5.41, 5.74) is 4.23. The first-order valence-electron chi connectivity index (χ1n) is 6.24. The quantitative estimate of drug-likeness (QED) is 0.401. The van der Waals surface area contributed by atoms with Crippen molar-refractivity contribution >= 4 is 40.8 Å². The zero-order valence-electron chi connectivity index (χ0n) is 11.8. The highest BCUT2D eigenvalue weighted by atomic mass is 35.5. The fourth-order valence-corrected chi connectivity index (χ4v) is 3.22. The molecule has 0 fully saturated rings. The van der Waals surface area contributed by atoms with Crippen molar-refractivity contribution in [2.45, 2.75) is 23.4 Å². The van der Waals surface area contributed by atoms with Crippen molar-refractivity contribution < 1.29 is 22.0 Å². The number of nitrogens with two attached hydrogens (primary N) is 1. The Morgan fingerprint density at radius 1 is 1.28 bits per heavy atom. The van der Waals surface area contributed by atoms with Gasteiger partial charge in [-0.05, 0) is 23.9 Å². The van der Waals surface area contributed by atoms with Crippen LogP contribution in [0, 0.1) is 4.91 Å². The molecule has 0 spiro atoms. The third kappa shape index (κ3) is 4.15. The summed E-state index contributed by atoms with van der Waals surface area (Å²) in [4.78, 5) is 10.2. The number of alkyl halides is 5. The predicted octanol–water partition coefficient (Wildman–Crippen LogP) is 5.36. The molecule has 2 aromatic rings. The van der Waals surface area contributed by atoms with Gasteiger partial charge in [0.1, 0.15) is 23.7 Å². The van der Waals surface area contributed by atoms with Gasteiger partial charge in [0.2, 0.25) is 0 Å². The van der Waals surface area contributed by atoms with Crippen LogP contribution in [0.2, 0.25) is 10.0 Å². The maximum Gasteiger partial charge on any atom is 0.416 e. The maximum atomic E-state index is 12.8. The third-order valence-corrected chi connectivity index (χ3v) is 4.36. The minimum atomic E-state index is -4.69. The van der Waals surface area contributed by atoms with E-state index in [1.807, 2.05) is 0 Å². The molecule has 0 saturated carbocycles. The Labute approximate surface area is 151 Å². The Kier molecular flexibility index (Phi) is 5.79. The van der Waals surface area contributed by atoms with E-state index < -0.39 is 34.1 Å². The Morgan fingerprint density at radius 3 is 2.28 bits per heavy atom. The number of nitroso groups, excluding NO2 is 1. The summed E-state index contributed by atoms with van der Waals surface area (Å²) in [6.45, 7) is -0.567. The molecule has 2 rings (SSSR count). The molecule has 0 radical (unpaired) electrons. The molecule has 25 heavy (non-hydrogen) atoms. The van der Waals surface area contributed by atoms with Gasteiger partial charge in [-0.3, -0.25) is 0 Å². The molecule has 5 nitrogen and oxygen atoms in total. The minimum absolute atomic E-state index is 0.0195. The molecule has 0 bridgehead atoms. The zero-order chi connectivity index (χ0) is 18.9. The molecule has 0 aliphatic carbocycles. The molecule has 2 N–H and O–H groups in total. The number of aromatic nitrogens is 2. The van der Waals surface area contributed by atoms with Crippen LogP contribution in [0.3, 0.4) is 0 Å². The van der Waals surface area contributed by atoms with Gasteiger partial charge in [-0.2, -0.15) is 32.0 Å². The van der Waals surface area contributed by atoms with E-state index in [-0.39, 0.29) is 33.9 Å². The van der Waals surface area contributed by atoms with Crippen LogP contribution in [-0.4, -0.2) is 15.5 Å². The number of nitrogens with zero attached hydrogens (tertiary/aromatic N) is 3. The van der Waals surface area contributed by atoms with Crippen LogP contribution in [0.5, 0.6) is 0 Å². The number of hydrogen-bond donors (Lipinski definition) is 1. The molecule has 136 valence electrons. The summed E-state index contributed by atoms with van der Waals surface area (Å²) in [6, 6.07) is 1.20. The topological polar surface area (TPSA) is 73.3 Å². The highest BCUT2D eigenvalue weighted by Gasteiger charge is 2.33. The lowest BCUT2D eigenvalue weighted by atomic mass is 10.2. The van der Waals surface area contributed by atoms with Crippen molar-refractivity contribution in [2.24, 2.45) is 5.18 Å². The molecular formula is C12H7Cl2F5N4OS. The van der Waals surface area contributed by atoms with Crippen LogP contribution < -0.4 is 5.73 Å². The molecule has 0 saturated heterocycles. The Morgan fingerprint density at radius 2 is 1.84 bits per heavy atom. The Bertz CT molecular complexity index is 789. The lowest BCUT2D eigenvalue weighted by molar-refractivity contribution is -0.137. The second kappa shape index (κ2) is 7.34. The fourth-order valence-electron chi connectivity index (χ4n) is 1.95. The van der Waals surface area contributed by atoms with Crippen molar-refractivity contribution in [3.05, 3.63) is 38.3 Å². The first-order valence-corrected chi connectivity index (χ1v) is 7.87. The van der Waals surface area contributed by atoms with Crippen LogP contribution in [0.15, 0.2) is 22.2 Å². The molecule has 0 atom stereocenters. The minimum Gasteiger partial charge on any atom is -0.383 e. The van der Waals surface area contributed by atoms with Gasteiger partial charge in [-0.25, -0.2) is 4.68 Å². The molecule has 1 aromatic carbocycles.